The maximum atomic E-state index is 11.8. The Morgan fingerprint density at radius 2 is 2.06 bits per heavy atom. The molecule has 3 rings (SSSR count). The van der Waals surface area contributed by atoms with Crippen molar-refractivity contribution in [3.8, 4) is 0 Å². The van der Waals surface area contributed by atoms with Crippen LogP contribution in [-0.2, 0) is 16.6 Å². The van der Waals surface area contributed by atoms with Crippen molar-refractivity contribution in [1.29, 1.82) is 0 Å². The minimum Gasteiger partial charge on any atom is -0.342 e. The lowest BCUT2D eigenvalue weighted by molar-refractivity contribution is -0.138. The normalized spacial score (nSPS) is 32.0. The third-order valence-electron chi connectivity index (χ3n) is 4.77. The van der Waals surface area contributed by atoms with Crippen LogP contribution < -0.4 is 0 Å². The molecule has 1 aliphatic heterocycles. The highest BCUT2D eigenvalue weighted by Gasteiger charge is 2.46. The van der Waals surface area contributed by atoms with Gasteiger partial charge in [-0.2, -0.15) is 0 Å². The lowest BCUT2D eigenvalue weighted by atomic mass is 9.63. The highest BCUT2D eigenvalue weighted by Crippen LogP contribution is 2.45. The van der Waals surface area contributed by atoms with Crippen LogP contribution in [0.15, 0.2) is 24.3 Å². The summed E-state index contributed by atoms with van der Waals surface area (Å²) in [6, 6.07) is 9.14. The summed E-state index contributed by atoms with van der Waals surface area (Å²) in [7, 11) is 1.97. The standard InChI is InChI=1S/C15H19NO/c1-15-10-9-14(17)16(2)13(15)8-7-11-5-3-4-6-12(11)15/h3-6,13H,7-10H2,1-2H3/t13-,15-/m1/s1. The number of benzene rings is 1. The van der Waals surface area contributed by atoms with Crippen LogP contribution in [0.3, 0.4) is 0 Å². The summed E-state index contributed by atoms with van der Waals surface area (Å²) >= 11 is 0. The number of fused-ring (bicyclic) bond motifs is 3. The van der Waals surface area contributed by atoms with Crippen LogP contribution >= 0.6 is 0 Å². The molecule has 0 bridgehead atoms. The first-order valence-electron chi connectivity index (χ1n) is 6.47. The maximum Gasteiger partial charge on any atom is 0.222 e. The second-order valence-corrected chi connectivity index (χ2v) is 5.63. The second-order valence-electron chi connectivity index (χ2n) is 5.63. The number of carbonyl (C=O) groups excluding carboxylic acids is 1. The number of hydrogen-bond acceptors (Lipinski definition) is 1. The van der Waals surface area contributed by atoms with E-state index in [1.807, 2.05) is 11.9 Å². The Labute approximate surface area is 103 Å². The van der Waals surface area contributed by atoms with Crippen molar-refractivity contribution in [2.75, 3.05) is 7.05 Å². The van der Waals surface area contributed by atoms with Crippen LogP contribution in [0.5, 0.6) is 0 Å². The Kier molecular flexibility index (Phi) is 2.29. The first kappa shape index (κ1) is 10.8. The molecule has 1 fully saturated rings. The van der Waals surface area contributed by atoms with Gasteiger partial charge in [0.1, 0.15) is 0 Å². The Hall–Kier alpha value is -1.31. The summed E-state index contributed by atoms with van der Waals surface area (Å²) in [6.45, 7) is 2.33. The van der Waals surface area contributed by atoms with Crippen molar-refractivity contribution in [3.05, 3.63) is 35.4 Å². The van der Waals surface area contributed by atoms with Gasteiger partial charge in [0.15, 0.2) is 0 Å². The molecular formula is C15H19NO. The number of amides is 1. The molecule has 17 heavy (non-hydrogen) atoms. The van der Waals surface area contributed by atoms with Gasteiger partial charge in [-0.25, -0.2) is 0 Å². The molecule has 1 aromatic carbocycles. The van der Waals surface area contributed by atoms with E-state index in [4.69, 9.17) is 0 Å². The maximum absolute atomic E-state index is 11.8. The van der Waals surface area contributed by atoms with E-state index in [2.05, 4.69) is 31.2 Å². The van der Waals surface area contributed by atoms with Crippen molar-refractivity contribution < 1.29 is 4.79 Å². The Bertz CT molecular complexity index is 468. The van der Waals surface area contributed by atoms with Gasteiger partial charge in [0.25, 0.3) is 0 Å². The number of aryl methyl sites for hydroxylation is 1. The van der Waals surface area contributed by atoms with E-state index >= 15 is 0 Å². The van der Waals surface area contributed by atoms with Crippen molar-refractivity contribution >= 4 is 5.91 Å². The van der Waals surface area contributed by atoms with Crippen LogP contribution in [-0.4, -0.2) is 23.9 Å². The summed E-state index contributed by atoms with van der Waals surface area (Å²) in [5.74, 6) is 0.312. The van der Waals surface area contributed by atoms with E-state index in [0.717, 1.165) is 19.3 Å². The molecule has 0 saturated carbocycles. The molecule has 1 amide bonds. The number of piperidine rings is 1. The molecule has 1 aromatic rings. The number of hydrogen-bond donors (Lipinski definition) is 0. The van der Waals surface area contributed by atoms with Crippen LogP contribution in [0, 0.1) is 0 Å². The molecule has 2 heteroatoms. The molecule has 0 unspecified atom stereocenters. The average molecular weight is 229 g/mol. The zero-order valence-corrected chi connectivity index (χ0v) is 10.6. The lowest BCUT2D eigenvalue weighted by Gasteiger charge is -2.50. The zero-order chi connectivity index (χ0) is 12.0. The third-order valence-corrected chi connectivity index (χ3v) is 4.77. The van der Waals surface area contributed by atoms with E-state index in [1.165, 1.54) is 11.1 Å². The third kappa shape index (κ3) is 1.43. The summed E-state index contributed by atoms with van der Waals surface area (Å²) < 4.78 is 0. The Morgan fingerprint density at radius 1 is 1.29 bits per heavy atom. The lowest BCUT2D eigenvalue weighted by Crippen LogP contribution is -2.56. The van der Waals surface area contributed by atoms with Crippen LogP contribution in [0.2, 0.25) is 0 Å². The van der Waals surface area contributed by atoms with E-state index < -0.39 is 0 Å². The molecular weight excluding hydrogens is 210 g/mol. The van der Waals surface area contributed by atoms with Gasteiger partial charge in [-0.05, 0) is 30.4 Å². The summed E-state index contributed by atoms with van der Waals surface area (Å²) in [4.78, 5) is 13.8. The predicted molar refractivity (Wildman–Crippen MR) is 67.9 cm³/mol. The van der Waals surface area contributed by atoms with Gasteiger partial charge in [0.2, 0.25) is 5.91 Å². The monoisotopic (exact) mass is 229 g/mol. The van der Waals surface area contributed by atoms with Crippen molar-refractivity contribution in [1.82, 2.24) is 4.90 Å². The molecule has 1 heterocycles. The number of likely N-dealkylation sites (N-methyl/N-ethyl adjacent to an activating group) is 1. The molecule has 0 radical (unpaired) electrons. The minimum atomic E-state index is 0.164. The highest BCUT2D eigenvalue weighted by atomic mass is 16.2. The molecule has 90 valence electrons. The molecule has 0 N–H and O–H groups in total. The number of likely N-dealkylation sites (tertiary alicyclic amines) is 1. The number of rotatable bonds is 0. The molecule has 0 aromatic heterocycles. The summed E-state index contributed by atoms with van der Waals surface area (Å²) in [5.41, 5.74) is 3.11. The molecule has 2 nitrogen and oxygen atoms in total. The highest BCUT2D eigenvalue weighted by molar-refractivity contribution is 5.78. The largest absolute Gasteiger partial charge is 0.342 e. The fourth-order valence-electron chi connectivity index (χ4n) is 3.72. The van der Waals surface area contributed by atoms with Gasteiger partial charge in [0.05, 0.1) is 0 Å². The smallest absolute Gasteiger partial charge is 0.222 e. The molecule has 1 aliphatic carbocycles. The van der Waals surface area contributed by atoms with Crippen LogP contribution in [0.4, 0.5) is 0 Å². The van der Waals surface area contributed by atoms with E-state index in [1.54, 1.807) is 0 Å². The zero-order valence-electron chi connectivity index (χ0n) is 10.6. The van der Waals surface area contributed by atoms with Crippen LogP contribution in [0.1, 0.15) is 37.3 Å². The molecule has 1 saturated heterocycles. The van der Waals surface area contributed by atoms with Crippen molar-refractivity contribution in [2.24, 2.45) is 0 Å². The van der Waals surface area contributed by atoms with Gasteiger partial charge in [0, 0.05) is 24.9 Å². The van der Waals surface area contributed by atoms with Gasteiger partial charge in [-0.3, -0.25) is 4.79 Å². The fourth-order valence-corrected chi connectivity index (χ4v) is 3.72. The van der Waals surface area contributed by atoms with Gasteiger partial charge < -0.3 is 4.90 Å². The Balaban J connectivity index is 2.09. The van der Waals surface area contributed by atoms with E-state index in [-0.39, 0.29) is 5.41 Å². The Morgan fingerprint density at radius 3 is 2.88 bits per heavy atom. The van der Waals surface area contributed by atoms with E-state index in [9.17, 15) is 4.79 Å². The van der Waals surface area contributed by atoms with E-state index in [0.29, 0.717) is 18.4 Å². The molecule has 2 atom stereocenters. The van der Waals surface area contributed by atoms with Crippen LogP contribution in [0.25, 0.3) is 0 Å². The number of nitrogens with zero attached hydrogens (tertiary/aromatic N) is 1. The minimum absolute atomic E-state index is 0.164. The predicted octanol–water partition coefficient (Wildman–Crippen LogP) is 2.51. The molecule has 0 spiro atoms. The van der Waals surface area contributed by atoms with Crippen molar-refractivity contribution in [2.45, 2.75) is 44.1 Å². The second kappa shape index (κ2) is 3.59. The van der Waals surface area contributed by atoms with Gasteiger partial charge in [-0.15, -0.1) is 0 Å². The van der Waals surface area contributed by atoms with Crippen molar-refractivity contribution in [3.63, 3.8) is 0 Å². The fraction of sp³-hybridized carbons (Fsp3) is 0.533. The summed E-state index contributed by atoms with van der Waals surface area (Å²) in [5, 5.41) is 0. The molecule has 2 aliphatic rings. The first-order chi connectivity index (χ1) is 8.13. The average Bonchev–Trinajstić information content (AvgIpc) is 2.35. The van der Waals surface area contributed by atoms with Gasteiger partial charge in [-0.1, -0.05) is 31.2 Å². The first-order valence-corrected chi connectivity index (χ1v) is 6.47. The quantitative estimate of drug-likeness (QED) is 0.669. The number of carbonyl (C=O) groups is 1. The van der Waals surface area contributed by atoms with Gasteiger partial charge >= 0.3 is 0 Å². The SMILES string of the molecule is CN1C(=O)CC[C@]2(C)c3ccccc3CC[C@@H]12. The summed E-state index contributed by atoms with van der Waals surface area (Å²) in [6.07, 6.45) is 3.90. The topological polar surface area (TPSA) is 20.3 Å².